The van der Waals surface area contributed by atoms with Crippen LogP contribution in [0, 0.1) is 6.92 Å². The lowest BCUT2D eigenvalue weighted by atomic mass is 9.46. The summed E-state index contributed by atoms with van der Waals surface area (Å²) in [7, 11) is 0. The van der Waals surface area contributed by atoms with Crippen molar-refractivity contribution in [1.82, 2.24) is 4.57 Å². The number of rotatable bonds is 5. The zero-order valence-electron chi connectivity index (χ0n) is 37.0. The Morgan fingerprint density at radius 3 is 1.97 bits per heavy atom. The van der Waals surface area contributed by atoms with E-state index >= 15 is 0 Å². The zero-order valence-corrected chi connectivity index (χ0v) is 37.0. The topological polar surface area (TPSA) is 24.6 Å². The maximum atomic E-state index is 7.37. The van der Waals surface area contributed by atoms with Gasteiger partial charge in [-0.3, -0.25) is 0 Å². The standard InChI is InChI=1S/C59H48BN3O/c1-37-33-46-45-35-42(61(40-19-11-7-12-20-40)41-21-13-8-14-22-41)27-29-51(45)63(43-26-28-48-49(36-43)59(4,5)32-31-58(48,2)3)60-54(46)56-53(37)44-23-15-16-24-50(44)62(56)55-47-34-39(38-17-9-6-10-18-38)25-30-52(47)64-57(55)60/h6-30,33-36H,31-32H2,1-5H3. The van der Waals surface area contributed by atoms with Crippen molar-refractivity contribution in [3.05, 3.63) is 193 Å². The fourth-order valence-corrected chi connectivity index (χ4v) is 11.7. The summed E-state index contributed by atoms with van der Waals surface area (Å²) in [5.74, 6) is 0. The van der Waals surface area contributed by atoms with Gasteiger partial charge in [0.2, 0.25) is 0 Å². The summed E-state index contributed by atoms with van der Waals surface area (Å²) in [4.78, 5) is 5.01. The Bertz CT molecular complexity index is 3490. The van der Waals surface area contributed by atoms with Crippen molar-refractivity contribution >= 4 is 79.2 Å². The molecule has 4 nitrogen and oxygen atoms in total. The van der Waals surface area contributed by atoms with Gasteiger partial charge < -0.3 is 18.7 Å². The summed E-state index contributed by atoms with van der Waals surface area (Å²) in [6, 6.07) is 65.0. The Morgan fingerprint density at radius 1 is 0.562 bits per heavy atom. The molecule has 4 heterocycles. The molecule has 308 valence electrons. The zero-order chi connectivity index (χ0) is 43.1. The summed E-state index contributed by atoms with van der Waals surface area (Å²) in [5.41, 5.74) is 21.6. The Balaban J connectivity index is 1.15. The van der Waals surface area contributed by atoms with Gasteiger partial charge in [-0.1, -0.05) is 131 Å². The third-order valence-corrected chi connectivity index (χ3v) is 14.9. The molecule has 3 aliphatic rings. The number of fused-ring (bicyclic) bond motifs is 11. The fourth-order valence-electron chi connectivity index (χ4n) is 11.7. The van der Waals surface area contributed by atoms with E-state index in [0.717, 1.165) is 45.8 Å². The van der Waals surface area contributed by atoms with Crippen LogP contribution in [-0.2, 0) is 10.8 Å². The highest BCUT2D eigenvalue weighted by Crippen LogP contribution is 2.52. The van der Waals surface area contributed by atoms with Crippen molar-refractivity contribution in [2.45, 2.75) is 58.3 Å². The maximum Gasteiger partial charge on any atom is 0.375 e. The molecular weight excluding hydrogens is 777 g/mol. The van der Waals surface area contributed by atoms with Gasteiger partial charge in [0.25, 0.3) is 0 Å². The number of aromatic nitrogens is 1. The van der Waals surface area contributed by atoms with Crippen LogP contribution in [0.5, 0.6) is 0 Å². The summed E-state index contributed by atoms with van der Waals surface area (Å²) in [5, 5.41) is 3.70. The number of hydrogen-bond acceptors (Lipinski definition) is 3. The number of aryl methyl sites for hydroxylation is 1. The van der Waals surface area contributed by atoms with Gasteiger partial charge in [-0.15, -0.1) is 0 Å². The molecule has 0 spiro atoms. The number of hydrogen-bond donors (Lipinski definition) is 0. The Morgan fingerprint density at radius 2 is 1.23 bits per heavy atom. The molecule has 1 aliphatic carbocycles. The van der Waals surface area contributed by atoms with E-state index in [4.69, 9.17) is 4.42 Å². The lowest BCUT2D eigenvalue weighted by molar-refractivity contribution is 0.332. The quantitative estimate of drug-likeness (QED) is 0.162. The number of benzene rings is 8. The highest BCUT2D eigenvalue weighted by atomic mass is 16.3. The van der Waals surface area contributed by atoms with E-state index in [9.17, 15) is 0 Å². The molecule has 0 radical (unpaired) electrons. The van der Waals surface area contributed by atoms with Crippen LogP contribution < -0.4 is 20.8 Å². The fraction of sp³-hybridized carbons (Fsp3) is 0.153. The lowest BCUT2D eigenvalue weighted by Gasteiger charge is -2.44. The van der Waals surface area contributed by atoms with Gasteiger partial charge >= 0.3 is 6.85 Å². The molecule has 0 unspecified atom stereocenters. The summed E-state index contributed by atoms with van der Waals surface area (Å²) >= 11 is 0. The number of nitrogens with zero attached hydrogens (tertiary/aromatic N) is 3. The van der Waals surface area contributed by atoms with Crippen molar-refractivity contribution in [2.75, 3.05) is 9.71 Å². The van der Waals surface area contributed by atoms with Gasteiger partial charge in [0.15, 0.2) is 0 Å². The molecule has 0 fully saturated rings. The predicted molar refractivity (Wildman–Crippen MR) is 270 cm³/mol. The summed E-state index contributed by atoms with van der Waals surface area (Å²) in [6.07, 6.45) is 2.32. The van der Waals surface area contributed by atoms with Crippen LogP contribution >= 0.6 is 0 Å². The summed E-state index contributed by atoms with van der Waals surface area (Å²) < 4.78 is 9.92. The van der Waals surface area contributed by atoms with E-state index in [0.29, 0.717) is 0 Å². The molecule has 5 heteroatoms. The second-order valence-corrected chi connectivity index (χ2v) is 19.6. The van der Waals surface area contributed by atoms with Crippen LogP contribution in [0.4, 0.5) is 28.4 Å². The van der Waals surface area contributed by atoms with Crippen LogP contribution in [-0.4, -0.2) is 11.4 Å². The molecule has 2 aliphatic heterocycles. The monoisotopic (exact) mass is 825 g/mol. The number of furan rings is 1. The molecule has 8 aromatic carbocycles. The van der Waals surface area contributed by atoms with Gasteiger partial charge in [-0.05, 0) is 142 Å². The molecular formula is C59H48BN3O. The van der Waals surface area contributed by atoms with Crippen molar-refractivity contribution < 1.29 is 4.42 Å². The van der Waals surface area contributed by atoms with Gasteiger partial charge in [-0.2, -0.15) is 0 Å². The smallest absolute Gasteiger partial charge is 0.375 e. The van der Waals surface area contributed by atoms with Crippen LogP contribution in [0.2, 0.25) is 0 Å². The highest BCUT2D eigenvalue weighted by molar-refractivity contribution is 6.93. The van der Waals surface area contributed by atoms with Gasteiger partial charge in [0.05, 0.1) is 16.7 Å². The van der Waals surface area contributed by atoms with Crippen LogP contribution in [0.3, 0.4) is 0 Å². The van der Waals surface area contributed by atoms with E-state index in [2.05, 4.69) is 225 Å². The molecule has 0 bridgehead atoms. The van der Waals surface area contributed by atoms with E-state index in [1.165, 1.54) is 84.0 Å². The van der Waals surface area contributed by atoms with Gasteiger partial charge in [-0.25, -0.2) is 0 Å². The van der Waals surface area contributed by atoms with E-state index in [-0.39, 0.29) is 17.7 Å². The van der Waals surface area contributed by atoms with Crippen molar-refractivity contribution in [3.8, 4) is 27.9 Å². The van der Waals surface area contributed by atoms with Gasteiger partial charge in [0.1, 0.15) is 11.2 Å². The van der Waals surface area contributed by atoms with E-state index in [1.54, 1.807) is 0 Å². The number of para-hydroxylation sites is 3. The first-order valence-electron chi connectivity index (χ1n) is 22.8. The molecule has 10 aromatic rings. The Kier molecular flexibility index (Phi) is 7.81. The first-order chi connectivity index (χ1) is 31.2. The summed E-state index contributed by atoms with van der Waals surface area (Å²) in [6.45, 7) is 11.8. The third-order valence-electron chi connectivity index (χ3n) is 14.9. The third kappa shape index (κ3) is 5.24. The maximum absolute atomic E-state index is 7.37. The SMILES string of the molecule is Cc1cc2c3c4c1c1ccccc1n4-c1c(oc4ccc(-c5ccccc5)cc14)B3N(c1ccc3c(c1)C(C)(C)CCC3(C)C)c1ccc(N(c3ccccc3)c3ccccc3)cc1-2. The predicted octanol–water partition coefficient (Wildman–Crippen LogP) is 14.6. The van der Waals surface area contributed by atoms with Crippen molar-refractivity contribution in [1.29, 1.82) is 0 Å². The Labute approximate surface area is 375 Å². The minimum Gasteiger partial charge on any atom is -0.466 e. The largest absolute Gasteiger partial charge is 0.466 e. The molecule has 13 rings (SSSR count). The van der Waals surface area contributed by atoms with Crippen molar-refractivity contribution in [3.63, 3.8) is 0 Å². The normalized spacial score (nSPS) is 15.3. The van der Waals surface area contributed by atoms with Gasteiger partial charge in [0, 0.05) is 50.2 Å². The molecule has 0 N–H and O–H groups in total. The first-order valence-corrected chi connectivity index (χ1v) is 22.8. The lowest BCUT2D eigenvalue weighted by Crippen LogP contribution is -2.60. The highest BCUT2D eigenvalue weighted by Gasteiger charge is 2.48. The minimum atomic E-state index is -0.229. The molecule has 0 saturated carbocycles. The van der Waals surface area contributed by atoms with Crippen LogP contribution in [0.25, 0.3) is 60.7 Å². The second kappa shape index (κ2) is 13.4. The molecule has 2 aromatic heterocycles. The van der Waals surface area contributed by atoms with Crippen LogP contribution in [0.1, 0.15) is 57.2 Å². The van der Waals surface area contributed by atoms with Crippen molar-refractivity contribution in [2.24, 2.45) is 0 Å². The van der Waals surface area contributed by atoms with E-state index in [1.807, 2.05) is 0 Å². The van der Waals surface area contributed by atoms with Crippen LogP contribution in [0.15, 0.2) is 180 Å². The second-order valence-electron chi connectivity index (χ2n) is 19.6. The first kappa shape index (κ1) is 37.3. The molecule has 0 amide bonds. The minimum absolute atomic E-state index is 0.0366. The molecule has 64 heavy (non-hydrogen) atoms. The average Bonchev–Trinajstić information content (AvgIpc) is 3.88. The molecule has 0 atom stereocenters. The number of anilines is 5. The van der Waals surface area contributed by atoms with E-state index < -0.39 is 0 Å². The average molecular weight is 826 g/mol. The molecule has 0 saturated heterocycles. The Hall–Kier alpha value is -7.24.